The number of carbonyl (C=O) groups is 1. The number of amides is 1. The van der Waals surface area contributed by atoms with Crippen LogP contribution in [0, 0.1) is 0 Å². The first-order valence-electron chi connectivity index (χ1n) is 6.15. The molecule has 94 valence electrons. The third-order valence-electron chi connectivity index (χ3n) is 3.16. The molecular formula is C11H19N5O. The van der Waals surface area contributed by atoms with Crippen LogP contribution in [0.2, 0.25) is 0 Å². The molecule has 0 spiro atoms. The maximum atomic E-state index is 12.1. The second-order valence-electron chi connectivity index (χ2n) is 4.24. The quantitative estimate of drug-likeness (QED) is 0.775. The Morgan fingerprint density at radius 3 is 3.12 bits per heavy atom. The van der Waals surface area contributed by atoms with Gasteiger partial charge in [0.2, 0.25) is 5.91 Å². The summed E-state index contributed by atoms with van der Waals surface area (Å²) in [5.74, 6) is 0.205. The van der Waals surface area contributed by atoms with Crippen molar-refractivity contribution < 1.29 is 4.79 Å². The molecule has 17 heavy (non-hydrogen) atoms. The number of hydrogen-bond donors (Lipinski definition) is 1. The summed E-state index contributed by atoms with van der Waals surface area (Å²) in [6, 6.07) is 0.364. The number of hydrogen-bond acceptors (Lipinski definition) is 4. The molecule has 1 saturated heterocycles. The van der Waals surface area contributed by atoms with E-state index < -0.39 is 0 Å². The average Bonchev–Trinajstić information content (AvgIpc) is 3.00. The molecule has 2 heterocycles. The minimum absolute atomic E-state index is 0.205. The fourth-order valence-corrected chi connectivity index (χ4v) is 2.25. The van der Waals surface area contributed by atoms with Crippen LogP contribution < -0.4 is 5.32 Å². The Labute approximate surface area is 101 Å². The second kappa shape index (κ2) is 5.77. The van der Waals surface area contributed by atoms with E-state index in [-0.39, 0.29) is 5.91 Å². The molecule has 2 rings (SSSR count). The fourth-order valence-electron chi connectivity index (χ4n) is 2.25. The molecule has 1 aliphatic heterocycles. The third kappa shape index (κ3) is 3.03. The fraction of sp³-hybridized carbons (Fsp3) is 0.727. The van der Waals surface area contributed by atoms with Crippen LogP contribution in [0.3, 0.4) is 0 Å². The van der Waals surface area contributed by atoms with Crippen molar-refractivity contribution in [2.75, 3.05) is 19.6 Å². The lowest BCUT2D eigenvalue weighted by atomic mass is 10.2. The molecule has 1 fully saturated rings. The summed E-state index contributed by atoms with van der Waals surface area (Å²) in [5, 5.41) is 10.9. The van der Waals surface area contributed by atoms with E-state index in [4.69, 9.17) is 0 Å². The van der Waals surface area contributed by atoms with E-state index >= 15 is 0 Å². The van der Waals surface area contributed by atoms with E-state index in [9.17, 15) is 4.79 Å². The van der Waals surface area contributed by atoms with Crippen LogP contribution in [-0.2, 0) is 11.3 Å². The number of aryl methyl sites for hydroxylation is 1. The summed E-state index contributed by atoms with van der Waals surface area (Å²) in [4.78, 5) is 14.1. The lowest BCUT2D eigenvalue weighted by Crippen LogP contribution is -2.41. The number of nitrogens with zero attached hydrogens (tertiary/aromatic N) is 4. The highest BCUT2D eigenvalue weighted by molar-refractivity contribution is 5.76. The van der Waals surface area contributed by atoms with Crippen LogP contribution in [0.15, 0.2) is 12.4 Å². The smallest absolute Gasteiger partial charge is 0.224 e. The van der Waals surface area contributed by atoms with Crippen molar-refractivity contribution in [2.24, 2.45) is 0 Å². The summed E-state index contributed by atoms with van der Waals surface area (Å²) in [6.07, 6.45) is 4.96. The monoisotopic (exact) mass is 237 g/mol. The molecule has 0 saturated carbocycles. The highest BCUT2D eigenvalue weighted by atomic mass is 16.2. The zero-order valence-electron chi connectivity index (χ0n) is 10.2. The van der Waals surface area contributed by atoms with Crippen molar-refractivity contribution in [3.63, 3.8) is 0 Å². The van der Waals surface area contributed by atoms with Gasteiger partial charge in [-0.3, -0.25) is 9.48 Å². The van der Waals surface area contributed by atoms with Crippen LogP contribution >= 0.6 is 0 Å². The van der Waals surface area contributed by atoms with Crippen molar-refractivity contribution in [2.45, 2.75) is 32.4 Å². The number of rotatable bonds is 5. The molecule has 0 radical (unpaired) electrons. The molecule has 6 nitrogen and oxygen atoms in total. The Hall–Kier alpha value is -1.43. The Morgan fingerprint density at radius 2 is 2.53 bits per heavy atom. The van der Waals surface area contributed by atoms with Gasteiger partial charge in [0, 0.05) is 31.7 Å². The van der Waals surface area contributed by atoms with E-state index in [1.165, 1.54) is 0 Å². The van der Waals surface area contributed by atoms with Crippen molar-refractivity contribution in [3.05, 3.63) is 12.4 Å². The SMILES string of the molecule is CCN(C(=O)CCn1ccnn1)C1CCNC1. The van der Waals surface area contributed by atoms with E-state index in [0.29, 0.717) is 19.0 Å². The van der Waals surface area contributed by atoms with Gasteiger partial charge in [0.05, 0.1) is 12.7 Å². The van der Waals surface area contributed by atoms with Gasteiger partial charge < -0.3 is 10.2 Å². The lowest BCUT2D eigenvalue weighted by molar-refractivity contribution is -0.133. The summed E-state index contributed by atoms with van der Waals surface area (Å²) < 4.78 is 1.69. The molecule has 1 aromatic heterocycles. The average molecular weight is 237 g/mol. The topological polar surface area (TPSA) is 63.1 Å². The molecule has 0 aliphatic carbocycles. The zero-order chi connectivity index (χ0) is 12.1. The lowest BCUT2D eigenvalue weighted by Gasteiger charge is -2.27. The standard InChI is InChI=1S/C11H19N5O/c1-2-16(10-3-5-12-9-10)11(17)4-7-15-8-6-13-14-15/h6,8,10,12H,2-5,7,9H2,1H3. The van der Waals surface area contributed by atoms with Crippen LogP contribution in [-0.4, -0.2) is 51.5 Å². The molecule has 0 aromatic carbocycles. The van der Waals surface area contributed by atoms with Crippen LogP contribution in [0.1, 0.15) is 19.8 Å². The van der Waals surface area contributed by atoms with E-state index in [1.54, 1.807) is 17.1 Å². The van der Waals surface area contributed by atoms with Crippen molar-refractivity contribution in [1.82, 2.24) is 25.2 Å². The Balaban J connectivity index is 1.84. The number of aromatic nitrogens is 3. The molecule has 1 aromatic rings. The van der Waals surface area contributed by atoms with Gasteiger partial charge in [-0.05, 0) is 19.9 Å². The normalized spacial score (nSPS) is 19.5. The van der Waals surface area contributed by atoms with Crippen LogP contribution in [0.5, 0.6) is 0 Å². The maximum Gasteiger partial charge on any atom is 0.224 e. The van der Waals surface area contributed by atoms with Crippen molar-refractivity contribution in [3.8, 4) is 0 Å². The van der Waals surface area contributed by atoms with Gasteiger partial charge in [-0.1, -0.05) is 5.21 Å². The van der Waals surface area contributed by atoms with E-state index in [1.807, 2.05) is 11.8 Å². The highest BCUT2D eigenvalue weighted by Crippen LogP contribution is 2.10. The summed E-state index contributed by atoms with van der Waals surface area (Å²) in [5.41, 5.74) is 0. The molecule has 1 unspecified atom stereocenters. The van der Waals surface area contributed by atoms with Crippen LogP contribution in [0.25, 0.3) is 0 Å². The Bertz CT molecular complexity index is 345. The molecule has 1 N–H and O–H groups in total. The first kappa shape index (κ1) is 12.0. The first-order chi connectivity index (χ1) is 8.31. The molecule has 1 amide bonds. The van der Waals surface area contributed by atoms with Gasteiger partial charge in [0.25, 0.3) is 0 Å². The number of likely N-dealkylation sites (N-methyl/N-ethyl adjacent to an activating group) is 1. The molecule has 1 atom stereocenters. The Morgan fingerprint density at radius 1 is 1.65 bits per heavy atom. The molecular weight excluding hydrogens is 218 g/mol. The molecule has 6 heteroatoms. The van der Waals surface area contributed by atoms with Crippen LogP contribution in [0.4, 0.5) is 0 Å². The van der Waals surface area contributed by atoms with Gasteiger partial charge in [-0.2, -0.15) is 0 Å². The summed E-state index contributed by atoms with van der Waals surface area (Å²) in [6.45, 7) is 5.35. The van der Waals surface area contributed by atoms with Crippen molar-refractivity contribution in [1.29, 1.82) is 0 Å². The second-order valence-corrected chi connectivity index (χ2v) is 4.24. The number of carbonyl (C=O) groups excluding carboxylic acids is 1. The molecule has 0 bridgehead atoms. The summed E-state index contributed by atoms with van der Waals surface area (Å²) in [7, 11) is 0. The number of nitrogens with one attached hydrogen (secondary N) is 1. The van der Waals surface area contributed by atoms with Gasteiger partial charge >= 0.3 is 0 Å². The zero-order valence-corrected chi connectivity index (χ0v) is 10.2. The minimum Gasteiger partial charge on any atom is -0.339 e. The van der Waals surface area contributed by atoms with E-state index in [2.05, 4.69) is 15.6 Å². The third-order valence-corrected chi connectivity index (χ3v) is 3.16. The van der Waals surface area contributed by atoms with E-state index in [0.717, 1.165) is 26.1 Å². The summed E-state index contributed by atoms with van der Waals surface area (Å²) >= 11 is 0. The highest BCUT2D eigenvalue weighted by Gasteiger charge is 2.24. The Kier molecular flexibility index (Phi) is 4.08. The largest absolute Gasteiger partial charge is 0.339 e. The minimum atomic E-state index is 0.205. The van der Waals surface area contributed by atoms with Crippen molar-refractivity contribution >= 4 is 5.91 Å². The van der Waals surface area contributed by atoms with Gasteiger partial charge in [-0.15, -0.1) is 5.10 Å². The molecule has 1 aliphatic rings. The predicted octanol–water partition coefficient (Wildman–Crippen LogP) is -0.121. The van der Waals surface area contributed by atoms with Gasteiger partial charge in [-0.25, -0.2) is 0 Å². The maximum absolute atomic E-state index is 12.1. The first-order valence-corrected chi connectivity index (χ1v) is 6.15. The van der Waals surface area contributed by atoms with Gasteiger partial charge in [0.1, 0.15) is 0 Å². The van der Waals surface area contributed by atoms with Gasteiger partial charge in [0.15, 0.2) is 0 Å². The predicted molar refractivity (Wildman–Crippen MR) is 63.3 cm³/mol.